The van der Waals surface area contributed by atoms with Gasteiger partial charge in [-0.3, -0.25) is 4.90 Å². The van der Waals surface area contributed by atoms with Gasteiger partial charge in [-0.2, -0.15) is 4.31 Å². The van der Waals surface area contributed by atoms with Crippen molar-refractivity contribution in [1.82, 2.24) is 9.21 Å². The Labute approximate surface area is 130 Å². The van der Waals surface area contributed by atoms with Crippen LogP contribution in [0.15, 0.2) is 29.2 Å². The molecule has 0 saturated carbocycles. The van der Waals surface area contributed by atoms with Crippen LogP contribution in [-0.4, -0.2) is 63.6 Å². The van der Waals surface area contributed by atoms with Crippen molar-refractivity contribution < 1.29 is 13.2 Å². The number of halogens is 1. The Balaban J connectivity index is 1.94. The molecule has 2 atom stereocenters. The lowest BCUT2D eigenvalue weighted by Gasteiger charge is -2.29. The van der Waals surface area contributed by atoms with E-state index in [9.17, 15) is 8.42 Å². The standard InChI is InChI=1S/C14H19ClN2O3S/c1-16-6-11-7-17(8-12(16)10-20-9-11)21(18,19)14-5-3-2-4-13(14)15/h2-5,11-12H,6-10H2,1H3/t11-,12+/m1/s1. The van der Waals surface area contributed by atoms with Gasteiger partial charge in [0.1, 0.15) is 4.90 Å². The van der Waals surface area contributed by atoms with Gasteiger partial charge in [0, 0.05) is 31.6 Å². The SMILES string of the molecule is CN1C[C@H]2COC[C@@H]1CN(S(=O)(=O)c1ccccc1Cl)C2. The number of ether oxygens (including phenoxy) is 1. The van der Waals surface area contributed by atoms with E-state index in [1.54, 1.807) is 28.6 Å². The minimum atomic E-state index is -3.56. The first-order valence-corrected chi connectivity index (χ1v) is 8.83. The van der Waals surface area contributed by atoms with Gasteiger partial charge in [0.25, 0.3) is 0 Å². The van der Waals surface area contributed by atoms with Crippen LogP contribution in [0.4, 0.5) is 0 Å². The molecule has 116 valence electrons. The Hall–Kier alpha value is -0.660. The average molecular weight is 331 g/mol. The van der Waals surface area contributed by atoms with Crippen LogP contribution in [-0.2, 0) is 14.8 Å². The second kappa shape index (κ2) is 5.85. The maximum absolute atomic E-state index is 12.9. The Morgan fingerprint density at radius 1 is 1.19 bits per heavy atom. The van der Waals surface area contributed by atoms with E-state index in [4.69, 9.17) is 16.3 Å². The van der Waals surface area contributed by atoms with E-state index in [-0.39, 0.29) is 21.9 Å². The Kier molecular flexibility index (Phi) is 4.25. The van der Waals surface area contributed by atoms with Crippen LogP contribution >= 0.6 is 11.6 Å². The summed E-state index contributed by atoms with van der Waals surface area (Å²) in [5, 5.41) is 0.275. The molecule has 2 saturated heterocycles. The summed E-state index contributed by atoms with van der Waals surface area (Å²) in [5.41, 5.74) is 0. The van der Waals surface area contributed by atoms with Crippen LogP contribution in [0.3, 0.4) is 0 Å². The van der Waals surface area contributed by atoms with E-state index in [1.807, 2.05) is 7.05 Å². The van der Waals surface area contributed by atoms with Gasteiger partial charge in [0.05, 0.1) is 18.2 Å². The molecular weight excluding hydrogens is 312 g/mol. The van der Waals surface area contributed by atoms with Gasteiger partial charge in [0.2, 0.25) is 10.0 Å². The van der Waals surface area contributed by atoms with Crippen LogP contribution in [0.5, 0.6) is 0 Å². The smallest absolute Gasteiger partial charge is 0.244 e. The third kappa shape index (κ3) is 2.96. The quantitative estimate of drug-likeness (QED) is 0.820. The minimum absolute atomic E-state index is 0.0924. The second-order valence-electron chi connectivity index (χ2n) is 5.75. The number of nitrogens with zero attached hydrogens (tertiary/aromatic N) is 2. The second-order valence-corrected chi connectivity index (χ2v) is 8.06. The van der Waals surface area contributed by atoms with Crippen molar-refractivity contribution in [3.63, 3.8) is 0 Å². The van der Waals surface area contributed by atoms with Crippen molar-refractivity contribution in [3.05, 3.63) is 29.3 Å². The molecule has 7 heteroatoms. The van der Waals surface area contributed by atoms with Gasteiger partial charge in [0.15, 0.2) is 0 Å². The molecule has 3 rings (SSSR count). The summed E-state index contributed by atoms with van der Waals surface area (Å²) in [7, 11) is -1.54. The summed E-state index contributed by atoms with van der Waals surface area (Å²) >= 11 is 6.08. The molecule has 0 aliphatic carbocycles. The monoisotopic (exact) mass is 330 g/mol. The zero-order chi connectivity index (χ0) is 15.0. The van der Waals surface area contributed by atoms with Gasteiger partial charge >= 0.3 is 0 Å². The molecule has 0 spiro atoms. The maximum atomic E-state index is 12.9. The number of rotatable bonds is 2. The lowest BCUT2D eigenvalue weighted by atomic mass is 10.1. The number of sulfonamides is 1. The molecule has 0 radical (unpaired) electrons. The predicted molar refractivity (Wildman–Crippen MR) is 80.9 cm³/mol. The zero-order valence-corrected chi connectivity index (χ0v) is 13.5. The van der Waals surface area contributed by atoms with Crippen molar-refractivity contribution in [3.8, 4) is 0 Å². The zero-order valence-electron chi connectivity index (χ0n) is 11.9. The number of fused-ring (bicyclic) bond motifs is 3. The van der Waals surface area contributed by atoms with E-state index < -0.39 is 10.0 Å². The summed E-state index contributed by atoms with van der Waals surface area (Å²) < 4.78 is 33.0. The molecule has 0 N–H and O–H groups in total. The number of hydrogen-bond donors (Lipinski definition) is 0. The molecular formula is C14H19ClN2O3S. The molecule has 0 aromatic heterocycles. The molecule has 2 aliphatic rings. The normalized spacial score (nSPS) is 28.3. The van der Waals surface area contributed by atoms with Crippen molar-refractivity contribution in [1.29, 1.82) is 0 Å². The van der Waals surface area contributed by atoms with Crippen LogP contribution in [0.1, 0.15) is 0 Å². The van der Waals surface area contributed by atoms with E-state index in [2.05, 4.69) is 4.90 Å². The predicted octanol–water partition coefficient (Wildman–Crippen LogP) is 1.29. The Bertz CT molecular complexity index is 622. The van der Waals surface area contributed by atoms with Crippen LogP contribution < -0.4 is 0 Å². The summed E-state index contributed by atoms with van der Waals surface area (Å²) in [6.45, 7) is 2.96. The van der Waals surface area contributed by atoms with Crippen LogP contribution in [0.2, 0.25) is 5.02 Å². The molecule has 1 aromatic carbocycles. The first kappa shape index (κ1) is 15.2. The number of hydrogen-bond acceptors (Lipinski definition) is 4. The summed E-state index contributed by atoms with van der Waals surface area (Å²) in [6.07, 6.45) is 0. The highest BCUT2D eigenvalue weighted by molar-refractivity contribution is 7.89. The van der Waals surface area contributed by atoms with E-state index in [0.717, 1.165) is 6.54 Å². The Morgan fingerprint density at radius 2 is 1.95 bits per heavy atom. The Morgan fingerprint density at radius 3 is 2.71 bits per heavy atom. The summed E-state index contributed by atoms with van der Waals surface area (Å²) in [4.78, 5) is 2.38. The minimum Gasteiger partial charge on any atom is -0.379 e. The van der Waals surface area contributed by atoms with Crippen molar-refractivity contribution in [2.75, 3.05) is 39.9 Å². The van der Waals surface area contributed by atoms with E-state index >= 15 is 0 Å². The molecule has 1 aromatic rings. The molecule has 0 unspecified atom stereocenters. The first-order chi connectivity index (χ1) is 9.98. The number of likely N-dealkylation sites (N-methyl/N-ethyl adjacent to an activating group) is 1. The molecule has 2 heterocycles. The van der Waals surface area contributed by atoms with Gasteiger partial charge in [-0.25, -0.2) is 8.42 Å². The fraction of sp³-hybridized carbons (Fsp3) is 0.571. The largest absolute Gasteiger partial charge is 0.379 e. The molecule has 2 bridgehead atoms. The van der Waals surface area contributed by atoms with Gasteiger partial charge in [-0.1, -0.05) is 23.7 Å². The highest BCUT2D eigenvalue weighted by Gasteiger charge is 2.37. The van der Waals surface area contributed by atoms with Gasteiger partial charge in [-0.05, 0) is 19.2 Å². The third-order valence-corrected chi connectivity index (χ3v) is 6.50. The molecule has 2 aliphatic heterocycles. The van der Waals surface area contributed by atoms with Crippen molar-refractivity contribution in [2.45, 2.75) is 10.9 Å². The molecule has 0 amide bonds. The highest BCUT2D eigenvalue weighted by Crippen LogP contribution is 2.28. The lowest BCUT2D eigenvalue weighted by Crippen LogP contribution is -2.44. The number of benzene rings is 1. The first-order valence-electron chi connectivity index (χ1n) is 7.01. The van der Waals surface area contributed by atoms with Crippen LogP contribution in [0, 0.1) is 5.92 Å². The topological polar surface area (TPSA) is 49.9 Å². The highest BCUT2D eigenvalue weighted by atomic mass is 35.5. The van der Waals surface area contributed by atoms with Gasteiger partial charge in [-0.15, -0.1) is 0 Å². The van der Waals surface area contributed by atoms with Crippen molar-refractivity contribution >= 4 is 21.6 Å². The van der Waals surface area contributed by atoms with Crippen LogP contribution in [0.25, 0.3) is 0 Å². The fourth-order valence-corrected chi connectivity index (χ4v) is 5.04. The summed E-state index contributed by atoms with van der Waals surface area (Å²) in [6, 6.07) is 6.71. The molecule has 2 fully saturated rings. The van der Waals surface area contributed by atoms with Gasteiger partial charge < -0.3 is 4.74 Å². The lowest BCUT2D eigenvalue weighted by molar-refractivity contribution is 0.0727. The maximum Gasteiger partial charge on any atom is 0.244 e. The van der Waals surface area contributed by atoms with E-state index in [1.165, 1.54) is 0 Å². The van der Waals surface area contributed by atoms with E-state index in [0.29, 0.717) is 26.3 Å². The van der Waals surface area contributed by atoms with Crippen molar-refractivity contribution in [2.24, 2.45) is 5.92 Å². The molecule has 5 nitrogen and oxygen atoms in total. The third-order valence-electron chi connectivity index (χ3n) is 4.16. The average Bonchev–Trinajstić information content (AvgIpc) is 2.67. The molecule has 21 heavy (non-hydrogen) atoms. The fourth-order valence-electron chi connectivity index (χ4n) is 3.00. The summed E-state index contributed by atoms with van der Waals surface area (Å²) in [5.74, 6) is 0.194.